The highest BCUT2D eigenvalue weighted by Crippen LogP contribution is 2.32. The number of nitrogens with one attached hydrogen (secondary N) is 1. The Morgan fingerprint density at radius 2 is 1.74 bits per heavy atom. The zero-order valence-electron chi connectivity index (χ0n) is 19.6. The molecule has 0 atom stereocenters. The van der Waals surface area contributed by atoms with E-state index in [9.17, 15) is 18.0 Å². The average molecular weight is 486 g/mol. The molecule has 2 heterocycles. The zero-order valence-corrected chi connectivity index (χ0v) is 20.4. The summed E-state index contributed by atoms with van der Waals surface area (Å²) in [7, 11) is -2.35. The minimum Gasteiger partial charge on any atom is -0.495 e. The Hall–Kier alpha value is -3.07. The van der Waals surface area contributed by atoms with E-state index in [1.807, 2.05) is 4.90 Å². The number of hydrogen-bond acceptors (Lipinski definition) is 5. The molecule has 4 rings (SSSR count). The van der Waals surface area contributed by atoms with Crippen molar-refractivity contribution in [2.45, 2.75) is 43.9 Å². The van der Waals surface area contributed by atoms with Crippen LogP contribution < -0.4 is 14.4 Å². The van der Waals surface area contributed by atoms with Gasteiger partial charge in [0.25, 0.3) is 10.0 Å². The summed E-state index contributed by atoms with van der Waals surface area (Å²) in [6, 6.07) is 11.6. The third-order valence-corrected chi connectivity index (χ3v) is 7.96. The van der Waals surface area contributed by atoms with Crippen LogP contribution >= 0.6 is 0 Å². The highest BCUT2D eigenvalue weighted by atomic mass is 32.2. The summed E-state index contributed by atoms with van der Waals surface area (Å²) in [6.45, 7) is 4.20. The lowest BCUT2D eigenvalue weighted by Gasteiger charge is -2.30. The summed E-state index contributed by atoms with van der Waals surface area (Å²) in [6.07, 6.45) is 2.94. The van der Waals surface area contributed by atoms with Gasteiger partial charge in [-0.25, -0.2) is 8.42 Å². The van der Waals surface area contributed by atoms with Gasteiger partial charge in [-0.1, -0.05) is 19.1 Å². The Morgan fingerprint density at radius 1 is 1.03 bits per heavy atom. The van der Waals surface area contributed by atoms with Gasteiger partial charge in [0.2, 0.25) is 11.8 Å². The third-order valence-electron chi connectivity index (χ3n) is 6.60. The second-order valence-corrected chi connectivity index (χ2v) is 10.6. The van der Waals surface area contributed by atoms with E-state index < -0.39 is 10.0 Å². The van der Waals surface area contributed by atoms with Gasteiger partial charge in [-0.3, -0.25) is 14.3 Å². The van der Waals surface area contributed by atoms with Crippen LogP contribution in [0.3, 0.4) is 0 Å². The number of methoxy groups -OCH3 is 1. The molecule has 0 aromatic heterocycles. The first-order valence-corrected chi connectivity index (χ1v) is 13.1. The Kier molecular flexibility index (Phi) is 7.11. The number of likely N-dealkylation sites (tertiary alicyclic amines) is 1. The number of fused-ring (bicyclic) bond motifs is 1. The van der Waals surface area contributed by atoms with Crippen LogP contribution in [-0.4, -0.2) is 51.9 Å². The van der Waals surface area contributed by atoms with Gasteiger partial charge in [-0.05, 0) is 61.1 Å². The quantitative estimate of drug-likeness (QED) is 0.648. The molecule has 0 unspecified atom stereocenters. The molecule has 0 saturated carbocycles. The maximum atomic E-state index is 12.9. The summed E-state index contributed by atoms with van der Waals surface area (Å²) in [5.74, 6) is 0.992. The van der Waals surface area contributed by atoms with Crippen molar-refractivity contribution in [1.82, 2.24) is 4.90 Å². The fraction of sp³-hybridized carbons (Fsp3) is 0.440. The van der Waals surface area contributed by atoms with Gasteiger partial charge >= 0.3 is 0 Å². The fourth-order valence-corrected chi connectivity index (χ4v) is 5.62. The van der Waals surface area contributed by atoms with E-state index in [0.29, 0.717) is 36.0 Å². The molecule has 0 spiro atoms. The molecule has 1 N–H and O–H groups in total. The van der Waals surface area contributed by atoms with E-state index in [2.05, 4.69) is 11.6 Å². The molecule has 182 valence electrons. The SMILES string of the molecule is COc1ccccc1NS(=O)(=O)c1ccc2c(c1)CCN2C(=O)CCC(=O)N1CCC(C)CC1. The maximum Gasteiger partial charge on any atom is 0.262 e. The fourth-order valence-electron chi connectivity index (χ4n) is 4.50. The predicted molar refractivity (Wildman–Crippen MR) is 131 cm³/mol. The largest absolute Gasteiger partial charge is 0.495 e. The summed E-state index contributed by atoms with van der Waals surface area (Å²) in [5.41, 5.74) is 1.86. The zero-order chi connectivity index (χ0) is 24.3. The molecule has 0 aliphatic carbocycles. The topological polar surface area (TPSA) is 96.0 Å². The average Bonchev–Trinajstić information content (AvgIpc) is 3.26. The second-order valence-electron chi connectivity index (χ2n) is 8.95. The Labute approximate surface area is 200 Å². The number of anilines is 2. The van der Waals surface area contributed by atoms with Crippen molar-refractivity contribution in [1.29, 1.82) is 0 Å². The minimum absolute atomic E-state index is 0.0310. The highest BCUT2D eigenvalue weighted by molar-refractivity contribution is 7.92. The molecular formula is C25H31N3O5S. The lowest BCUT2D eigenvalue weighted by molar-refractivity contribution is -0.134. The van der Waals surface area contributed by atoms with Crippen LogP contribution in [0.15, 0.2) is 47.4 Å². The number of rotatable bonds is 7. The number of para-hydroxylation sites is 2. The molecule has 2 aliphatic rings. The first-order chi connectivity index (χ1) is 16.3. The van der Waals surface area contributed by atoms with Gasteiger partial charge in [-0.15, -0.1) is 0 Å². The highest BCUT2D eigenvalue weighted by Gasteiger charge is 2.28. The third kappa shape index (κ3) is 5.19. The molecule has 2 aromatic carbocycles. The number of piperidine rings is 1. The van der Waals surface area contributed by atoms with Crippen molar-refractivity contribution in [3.63, 3.8) is 0 Å². The molecule has 1 saturated heterocycles. The lowest BCUT2D eigenvalue weighted by atomic mass is 9.99. The number of sulfonamides is 1. The van der Waals surface area contributed by atoms with E-state index >= 15 is 0 Å². The van der Waals surface area contributed by atoms with Crippen molar-refractivity contribution in [2.24, 2.45) is 5.92 Å². The summed E-state index contributed by atoms with van der Waals surface area (Å²) in [4.78, 5) is 29.0. The molecule has 2 aromatic rings. The first kappa shape index (κ1) is 24.1. The van der Waals surface area contributed by atoms with Crippen molar-refractivity contribution in [3.8, 4) is 5.75 Å². The first-order valence-electron chi connectivity index (χ1n) is 11.7. The number of hydrogen-bond donors (Lipinski definition) is 1. The van der Waals surface area contributed by atoms with E-state index in [4.69, 9.17) is 4.74 Å². The minimum atomic E-state index is -3.83. The van der Waals surface area contributed by atoms with Crippen molar-refractivity contribution < 1.29 is 22.7 Å². The van der Waals surface area contributed by atoms with Gasteiger partial charge in [0.05, 0.1) is 17.7 Å². The maximum absolute atomic E-state index is 12.9. The summed E-state index contributed by atoms with van der Waals surface area (Å²) >= 11 is 0. The van der Waals surface area contributed by atoms with Gasteiger partial charge in [0.1, 0.15) is 5.75 Å². The molecular weight excluding hydrogens is 454 g/mol. The van der Waals surface area contributed by atoms with Crippen molar-refractivity contribution in [3.05, 3.63) is 48.0 Å². The van der Waals surface area contributed by atoms with Gasteiger partial charge in [0.15, 0.2) is 0 Å². The van der Waals surface area contributed by atoms with Crippen LogP contribution in [0.4, 0.5) is 11.4 Å². The summed E-state index contributed by atoms with van der Waals surface area (Å²) in [5, 5.41) is 0. The number of carbonyl (C=O) groups excluding carboxylic acids is 2. The van der Waals surface area contributed by atoms with E-state index in [1.54, 1.807) is 41.3 Å². The molecule has 9 heteroatoms. The normalized spacial score (nSPS) is 16.3. The molecule has 34 heavy (non-hydrogen) atoms. The molecule has 0 bridgehead atoms. The molecule has 8 nitrogen and oxygen atoms in total. The lowest BCUT2D eigenvalue weighted by Crippen LogP contribution is -2.38. The smallest absolute Gasteiger partial charge is 0.262 e. The van der Waals surface area contributed by atoms with Crippen molar-refractivity contribution >= 4 is 33.2 Å². The van der Waals surface area contributed by atoms with Gasteiger partial charge in [0, 0.05) is 38.2 Å². The van der Waals surface area contributed by atoms with Crippen molar-refractivity contribution in [2.75, 3.05) is 36.4 Å². The van der Waals surface area contributed by atoms with Crippen LogP contribution in [-0.2, 0) is 26.0 Å². The number of nitrogens with zero attached hydrogens (tertiary/aromatic N) is 2. The van der Waals surface area contributed by atoms with E-state index in [1.165, 1.54) is 13.2 Å². The second kappa shape index (κ2) is 10.0. The van der Waals surface area contributed by atoms with Crippen LogP contribution in [0.25, 0.3) is 0 Å². The van der Waals surface area contributed by atoms with Crippen LogP contribution in [0.5, 0.6) is 5.75 Å². The van der Waals surface area contributed by atoms with Crippen LogP contribution in [0, 0.1) is 5.92 Å². The van der Waals surface area contributed by atoms with E-state index in [-0.39, 0.29) is 29.6 Å². The number of carbonyl (C=O) groups is 2. The standard InChI is InChI=1S/C25H31N3O5S/c1-18-11-14-27(15-12-18)24(29)9-10-25(30)28-16-13-19-17-20(7-8-22(19)28)34(31,32)26-21-5-3-4-6-23(21)33-2/h3-8,17-18,26H,9-16H2,1-2H3. The molecule has 0 radical (unpaired) electrons. The number of amides is 2. The van der Waals surface area contributed by atoms with Gasteiger partial charge < -0.3 is 14.5 Å². The Balaban J connectivity index is 1.41. The van der Waals surface area contributed by atoms with E-state index in [0.717, 1.165) is 31.5 Å². The molecule has 2 amide bonds. The number of ether oxygens (including phenoxy) is 1. The monoisotopic (exact) mass is 485 g/mol. The summed E-state index contributed by atoms with van der Waals surface area (Å²) < 4.78 is 33.7. The van der Waals surface area contributed by atoms with Gasteiger partial charge in [-0.2, -0.15) is 0 Å². The predicted octanol–water partition coefficient (Wildman–Crippen LogP) is 3.42. The van der Waals surface area contributed by atoms with Crippen LogP contribution in [0.2, 0.25) is 0 Å². The Bertz CT molecular complexity index is 1170. The number of benzene rings is 2. The Morgan fingerprint density at radius 3 is 2.47 bits per heavy atom. The molecule has 1 fully saturated rings. The van der Waals surface area contributed by atoms with Crippen LogP contribution in [0.1, 0.15) is 38.2 Å². The molecule has 2 aliphatic heterocycles.